The lowest BCUT2D eigenvalue weighted by Gasteiger charge is -2.16. The summed E-state index contributed by atoms with van der Waals surface area (Å²) in [6.07, 6.45) is 0. The van der Waals surface area contributed by atoms with Crippen LogP contribution in [0.4, 0.5) is 14.5 Å². The van der Waals surface area contributed by atoms with Crippen molar-refractivity contribution in [2.24, 2.45) is 0 Å². The highest BCUT2D eigenvalue weighted by atomic mass is 19.1. The average molecular weight is 249 g/mol. The third-order valence-electron chi connectivity index (χ3n) is 2.83. The molecule has 94 valence electrons. The van der Waals surface area contributed by atoms with Crippen LogP contribution in [0.2, 0.25) is 0 Å². The molecule has 0 heterocycles. The summed E-state index contributed by atoms with van der Waals surface area (Å²) in [5.74, 6) is -1.86. The third kappa shape index (κ3) is 2.49. The molecule has 18 heavy (non-hydrogen) atoms. The number of aliphatic hydroxyl groups is 1. The van der Waals surface area contributed by atoms with E-state index in [9.17, 15) is 13.9 Å². The molecule has 0 saturated heterocycles. The maximum Gasteiger partial charge on any atom is 0.130 e. The van der Waals surface area contributed by atoms with Gasteiger partial charge in [-0.05, 0) is 29.3 Å². The van der Waals surface area contributed by atoms with Gasteiger partial charge in [-0.25, -0.2) is 8.78 Å². The van der Waals surface area contributed by atoms with Crippen molar-refractivity contribution in [2.45, 2.75) is 5.92 Å². The van der Waals surface area contributed by atoms with Gasteiger partial charge in [-0.2, -0.15) is 0 Å². The first kappa shape index (κ1) is 12.5. The van der Waals surface area contributed by atoms with Gasteiger partial charge in [0.05, 0.1) is 6.61 Å². The Labute approximate surface area is 104 Å². The van der Waals surface area contributed by atoms with Gasteiger partial charge in [0.15, 0.2) is 0 Å². The predicted octanol–water partition coefficient (Wildman–Crippen LogP) is 2.67. The number of nitrogen functional groups attached to an aromatic ring is 1. The number of anilines is 1. The molecule has 0 aromatic heterocycles. The number of benzene rings is 2. The van der Waals surface area contributed by atoms with E-state index in [-0.39, 0.29) is 12.2 Å². The number of rotatable bonds is 3. The van der Waals surface area contributed by atoms with Crippen LogP contribution in [0.1, 0.15) is 17.0 Å². The summed E-state index contributed by atoms with van der Waals surface area (Å²) in [7, 11) is 0. The molecule has 4 heteroatoms. The van der Waals surface area contributed by atoms with Crippen LogP contribution >= 0.6 is 0 Å². The fourth-order valence-electron chi connectivity index (χ4n) is 1.94. The summed E-state index contributed by atoms with van der Waals surface area (Å²) < 4.78 is 26.6. The summed E-state index contributed by atoms with van der Waals surface area (Å²) in [6, 6.07) is 10.2. The van der Waals surface area contributed by atoms with Gasteiger partial charge in [0.25, 0.3) is 0 Å². The molecule has 3 N–H and O–H groups in total. The molecule has 2 rings (SSSR count). The molecule has 0 amide bonds. The molecular weight excluding hydrogens is 236 g/mol. The molecule has 0 bridgehead atoms. The number of aliphatic hydroxyl groups excluding tert-OH is 1. The zero-order valence-corrected chi connectivity index (χ0v) is 9.61. The number of hydrogen-bond donors (Lipinski definition) is 2. The van der Waals surface area contributed by atoms with Crippen molar-refractivity contribution in [3.63, 3.8) is 0 Å². The van der Waals surface area contributed by atoms with Gasteiger partial charge in [0.1, 0.15) is 11.6 Å². The van der Waals surface area contributed by atoms with Gasteiger partial charge in [-0.3, -0.25) is 0 Å². The quantitative estimate of drug-likeness (QED) is 0.821. The maximum absolute atomic E-state index is 13.7. The molecule has 1 atom stereocenters. The fraction of sp³-hybridized carbons (Fsp3) is 0.143. The van der Waals surface area contributed by atoms with Crippen LogP contribution in [-0.4, -0.2) is 11.7 Å². The maximum atomic E-state index is 13.7. The standard InChI is InChI=1S/C14H13F2NO/c15-10-4-5-12(14(16)7-10)13(8-18)9-2-1-3-11(17)6-9/h1-7,13,18H,8,17H2. The van der Waals surface area contributed by atoms with Crippen molar-refractivity contribution < 1.29 is 13.9 Å². The third-order valence-corrected chi connectivity index (χ3v) is 2.83. The molecule has 0 saturated carbocycles. The van der Waals surface area contributed by atoms with E-state index in [4.69, 9.17) is 5.73 Å². The van der Waals surface area contributed by atoms with Crippen LogP contribution in [0, 0.1) is 11.6 Å². The van der Waals surface area contributed by atoms with Gasteiger partial charge >= 0.3 is 0 Å². The van der Waals surface area contributed by atoms with Gasteiger partial charge < -0.3 is 10.8 Å². The SMILES string of the molecule is Nc1cccc(C(CO)c2ccc(F)cc2F)c1. The highest BCUT2D eigenvalue weighted by molar-refractivity contribution is 5.44. The van der Waals surface area contributed by atoms with Crippen LogP contribution in [0.5, 0.6) is 0 Å². The van der Waals surface area contributed by atoms with Crippen molar-refractivity contribution in [2.75, 3.05) is 12.3 Å². The van der Waals surface area contributed by atoms with E-state index in [2.05, 4.69) is 0 Å². The minimum atomic E-state index is -0.670. The average Bonchev–Trinajstić information content (AvgIpc) is 2.33. The van der Waals surface area contributed by atoms with E-state index in [0.29, 0.717) is 11.3 Å². The smallest absolute Gasteiger partial charge is 0.130 e. The second-order valence-electron chi connectivity index (χ2n) is 4.07. The largest absolute Gasteiger partial charge is 0.399 e. The zero-order valence-electron chi connectivity index (χ0n) is 9.61. The fourth-order valence-corrected chi connectivity index (χ4v) is 1.94. The molecule has 0 aliphatic carbocycles. The van der Waals surface area contributed by atoms with Crippen molar-refractivity contribution >= 4 is 5.69 Å². The van der Waals surface area contributed by atoms with Crippen molar-refractivity contribution in [3.8, 4) is 0 Å². The van der Waals surface area contributed by atoms with E-state index in [1.807, 2.05) is 0 Å². The Morgan fingerprint density at radius 2 is 1.89 bits per heavy atom. The Kier molecular flexibility index (Phi) is 3.58. The molecule has 0 fully saturated rings. The van der Waals surface area contributed by atoms with Crippen LogP contribution in [0.15, 0.2) is 42.5 Å². The molecule has 2 aromatic carbocycles. The van der Waals surface area contributed by atoms with E-state index in [0.717, 1.165) is 6.07 Å². The zero-order chi connectivity index (χ0) is 13.1. The second kappa shape index (κ2) is 5.14. The highest BCUT2D eigenvalue weighted by Gasteiger charge is 2.17. The van der Waals surface area contributed by atoms with Crippen LogP contribution in [0.25, 0.3) is 0 Å². The second-order valence-corrected chi connectivity index (χ2v) is 4.07. The Balaban J connectivity index is 2.45. The molecule has 2 nitrogen and oxygen atoms in total. The highest BCUT2D eigenvalue weighted by Crippen LogP contribution is 2.27. The molecule has 0 aliphatic rings. The lowest BCUT2D eigenvalue weighted by atomic mass is 9.91. The number of hydrogen-bond acceptors (Lipinski definition) is 2. The van der Waals surface area contributed by atoms with Crippen LogP contribution in [0.3, 0.4) is 0 Å². The van der Waals surface area contributed by atoms with E-state index in [1.54, 1.807) is 24.3 Å². The van der Waals surface area contributed by atoms with Gasteiger partial charge in [-0.15, -0.1) is 0 Å². The molecule has 0 radical (unpaired) electrons. The van der Waals surface area contributed by atoms with E-state index < -0.39 is 17.6 Å². The predicted molar refractivity (Wildman–Crippen MR) is 66.1 cm³/mol. The lowest BCUT2D eigenvalue weighted by molar-refractivity contribution is 0.278. The Hall–Kier alpha value is -1.94. The van der Waals surface area contributed by atoms with Crippen molar-refractivity contribution in [1.29, 1.82) is 0 Å². The van der Waals surface area contributed by atoms with Crippen molar-refractivity contribution in [3.05, 3.63) is 65.2 Å². The topological polar surface area (TPSA) is 46.2 Å². The lowest BCUT2D eigenvalue weighted by Crippen LogP contribution is -2.09. The van der Waals surface area contributed by atoms with Gasteiger partial charge in [0, 0.05) is 17.7 Å². The Bertz CT molecular complexity index is 557. The summed E-state index contributed by atoms with van der Waals surface area (Å²) in [6.45, 7) is -0.272. The minimum Gasteiger partial charge on any atom is -0.399 e. The van der Waals surface area contributed by atoms with Crippen LogP contribution in [-0.2, 0) is 0 Å². The first-order valence-electron chi connectivity index (χ1n) is 5.53. The van der Waals surface area contributed by atoms with Gasteiger partial charge in [0.2, 0.25) is 0 Å². The van der Waals surface area contributed by atoms with Crippen LogP contribution < -0.4 is 5.73 Å². The monoisotopic (exact) mass is 249 g/mol. The van der Waals surface area contributed by atoms with E-state index >= 15 is 0 Å². The van der Waals surface area contributed by atoms with Gasteiger partial charge in [-0.1, -0.05) is 18.2 Å². The normalized spacial score (nSPS) is 12.4. The molecule has 0 aliphatic heterocycles. The summed E-state index contributed by atoms with van der Waals surface area (Å²) in [5, 5.41) is 9.42. The van der Waals surface area contributed by atoms with Crippen molar-refractivity contribution in [1.82, 2.24) is 0 Å². The minimum absolute atomic E-state index is 0.254. The summed E-state index contributed by atoms with van der Waals surface area (Å²) >= 11 is 0. The molecule has 1 unspecified atom stereocenters. The number of halogens is 2. The Morgan fingerprint density at radius 3 is 2.50 bits per heavy atom. The van der Waals surface area contributed by atoms with E-state index in [1.165, 1.54) is 12.1 Å². The first-order chi connectivity index (χ1) is 8.61. The molecule has 2 aromatic rings. The Morgan fingerprint density at radius 1 is 1.11 bits per heavy atom. The molecule has 0 spiro atoms. The molecular formula is C14H13F2NO. The number of nitrogens with two attached hydrogens (primary N) is 1. The summed E-state index contributed by atoms with van der Waals surface area (Å²) in [5.41, 5.74) is 7.14. The first-order valence-corrected chi connectivity index (χ1v) is 5.53. The summed E-state index contributed by atoms with van der Waals surface area (Å²) in [4.78, 5) is 0.